The summed E-state index contributed by atoms with van der Waals surface area (Å²) in [6, 6.07) is 5.14. The molecule has 0 atom stereocenters. The maximum absolute atomic E-state index is 12.2. The van der Waals surface area contributed by atoms with Crippen molar-refractivity contribution in [2.75, 3.05) is 40.0 Å². The molecule has 0 aliphatic heterocycles. The summed E-state index contributed by atoms with van der Waals surface area (Å²) < 4.78 is 36.7. The smallest absolute Gasteiger partial charge is 0.246 e. The zero-order valence-corrected chi connectivity index (χ0v) is 14.5. The second kappa shape index (κ2) is 9.61. The number of hydrogen-bond acceptors (Lipinski definition) is 5. The van der Waals surface area contributed by atoms with Crippen LogP contribution in [0.3, 0.4) is 0 Å². The number of carbonyl (C=O) groups is 1. The van der Waals surface area contributed by atoms with Crippen LogP contribution in [-0.4, -0.2) is 54.3 Å². The van der Waals surface area contributed by atoms with Crippen molar-refractivity contribution in [1.29, 1.82) is 0 Å². The Kier molecular flexibility index (Phi) is 8.18. The van der Waals surface area contributed by atoms with Crippen molar-refractivity contribution in [3.05, 3.63) is 29.3 Å². The summed E-state index contributed by atoms with van der Waals surface area (Å²) in [6.45, 7) is 4.64. The molecule has 7 nitrogen and oxygen atoms in total. The first-order chi connectivity index (χ1) is 10.9. The Morgan fingerprint density at radius 2 is 1.91 bits per heavy atom. The Morgan fingerprint density at radius 1 is 1.17 bits per heavy atom. The van der Waals surface area contributed by atoms with Crippen molar-refractivity contribution in [1.82, 2.24) is 10.0 Å². The minimum absolute atomic E-state index is 0.0762. The van der Waals surface area contributed by atoms with Crippen molar-refractivity contribution < 1.29 is 22.7 Å². The second-order valence-electron chi connectivity index (χ2n) is 5.06. The molecule has 0 aliphatic rings. The van der Waals surface area contributed by atoms with Crippen LogP contribution in [0.1, 0.15) is 11.1 Å². The van der Waals surface area contributed by atoms with Gasteiger partial charge >= 0.3 is 0 Å². The first-order valence-corrected chi connectivity index (χ1v) is 8.75. The third-order valence-electron chi connectivity index (χ3n) is 3.02. The molecule has 0 spiro atoms. The third kappa shape index (κ3) is 7.08. The van der Waals surface area contributed by atoms with Gasteiger partial charge in [0.25, 0.3) is 0 Å². The van der Waals surface area contributed by atoms with Gasteiger partial charge in [-0.05, 0) is 25.5 Å². The molecule has 0 saturated carbocycles. The quantitative estimate of drug-likeness (QED) is 0.598. The van der Waals surface area contributed by atoms with Gasteiger partial charge in [0.2, 0.25) is 15.9 Å². The van der Waals surface area contributed by atoms with E-state index in [0.717, 1.165) is 5.56 Å². The van der Waals surface area contributed by atoms with E-state index in [4.69, 9.17) is 9.47 Å². The molecule has 0 fully saturated rings. The Labute approximate surface area is 137 Å². The maximum atomic E-state index is 12.2. The average Bonchev–Trinajstić information content (AvgIpc) is 2.48. The molecule has 1 rings (SSSR count). The van der Waals surface area contributed by atoms with E-state index >= 15 is 0 Å². The SMILES string of the molecule is COCCOCC(=O)NCCNS(=O)(=O)c1ccc(C)cc1C. The fourth-order valence-electron chi connectivity index (χ4n) is 1.92. The molecule has 130 valence electrons. The van der Waals surface area contributed by atoms with Gasteiger partial charge in [-0.25, -0.2) is 13.1 Å². The lowest BCUT2D eigenvalue weighted by molar-refractivity contribution is -0.126. The molecule has 0 aliphatic carbocycles. The molecule has 1 aromatic rings. The Bertz CT molecular complexity index is 616. The minimum Gasteiger partial charge on any atom is -0.382 e. The standard InChI is InChI=1S/C15H24N2O5S/c1-12-4-5-14(13(2)10-12)23(19,20)17-7-6-16-15(18)11-22-9-8-21-3/h4-5,10,17H,6-9,11H2,1-3H3,(H,16,18). The number of benzene rings is 1. The summed E-state index contributed by atoms with van der Waals surface area (Å²) >= 11 is 0. The fourth-order valence-corrected chi connectivity index (χ4v) is 3.18. The van der Waals surface area contributed by atoms with Crippen LogP contribution >= 0.6 is 0 Å². The fraction of sp³-hybridized carbons (Fsp3) is 0.533. The zero-order chi connectivity index (χ0) is 17.3. The van der Waals surface area contributed by atoms with E-state index < -0.39 is 10.0 Å². The van der Waals surface area contributed by atoms with Crippen molar-refractivity contribution in [2.45, 2.75) is 18.7 Å². The van der Waals surface area contributed by atoms with Gasteiger partial charge in [0.05, 0.1) is 18.1 Å². The molecule has 8 heteroatoms. The summed E-state index contributed by atoms with van der Waals surface area (Å²) in [4.78, 5) is 11.7. The van der Waals surface area contributed by atoms with E-state index in [0.29, 0.717) is 18.8 Å². The van der Waals surface area contributed by atoms with Gasteiger partial charge in [0, 0.05) is 20.2 Å². The van der Waals surface area contributed by atoms with Gasteiger partial charge in [-0.15, -0.1) is 0 Å². The van der Waals surface area contributed by atoms with E-state index in [1.165, 1.54) is 0 Å². The molecule has 0 unspecified atom stereocenters. The van der Waals surface area contributed by atoms with Crippen molar-refractivity contribution >= 4 is 15.9 Å². The number of amides is 1. The summed E-state index contributed by atoms with van der Waals surface area (Å²) in [5, 5.41) is 2.58. The van der Waals surface area contributed by atoms with E-state index in [1.807, 2.05) is 13.0 Å². The molecule has 0 saturated heterocycles. The number of hydrogen-bond donors (Lipinski definition) is 2. The molecule has 0 radical (unpaired) electrons. The second-order valence-corrected chi connectivity index (χ2v) is 6.80. The highest BCUT2D eigenvalue weighted by Gasteiger charge is 2.16. The van der Waals surface area contributed by atoms with Crippen molar-refractivity contribution in [2.24, 2.45) is 0 Å². The highest BCUT2D eigenvalue weighted by Crippen LogP contribution is 2.15. The highest BCUT2D eigenvalue weighted by molar-refractivity contribution is 7.89. The molecule has 0 aromatic heterocycles. The normalized spacial score (nSPS) is 11.4. The van der Waals surface area contributed by atoms with Gasteiger partial charge in [-0.3, -0.25) is 4.79 Å². The van der Waals surface area contributed by atoms with Crippen LogP contribution in [0.5, 0.6) is 0 Å². The van der Waals surface area contributed by atoms with E-state index in [2.05, 4.69) is 10.0 Å². The van der Waals surface area contributed by atoms with Gasteiger partial charge in [-0.1, -0.05) is 17.7 Å². The Hall–Kier alpha value is -1.48. The number of rotatable bonds is 10. The van der Waals surface area contributed by atoms with Crippen LogP contribution < -0.4 is 10.0 Å². The van der Waals surface area contributed by atoms with Gasteiger partial charge in [0.1, 0.15) is 6.61 Å². The molecule has 23 heavy (non-hydrogen) atoms. The molecule has 1 aromatic carbocycles. The lowest BCUT2D eigenvalue weighted by atomic mass is 10.2. The van der Waals surface area contributed by atoms with Crippen LogP contribution in [0.25, 0.3) is 0 Å². The van der Waals surface area contributed by atoms with Crippen LogP contribution in [0, 0.1) is 13.8 Å². The Balaban J connectivity index is 2.35. The molecule has 0 bridgehead atoms. The van der Waals surface area contributed by atoms with Crippen molar-refractivity contribution in [3.8, 4) is 0 Å². The summed E-state index contributed by atoms with van der Waals surface area (Å²) in [5.74, 6) is -0.299. The topological polar surface area (TPSA) is 93.7 Å². The lowest BCUT2D eigenvalue weighted by Crippen LogP contribution is -2.36. The molecule has 2 N–H and O–H groups in total. The molecule has 1 amide bonds. The van der Waals surface area contributed by atoms with Crippen LogP contribution in [-0.2, 0) is 24.3 Å². The van der Waals surface area contributed by atoms with E-state index in [9.17, 15) is 13.2 Å². The monoisotopic (exact) mass is 344 g/mol. The predicted octanol–water partition coefficient (Wildman–Crippen LogP) is 0.361. The average molecular weight is 344 g/mol. The maximum Gasteiger partial charge on any atom is 0.246 e. The number of nitrogens with one attached hydrogen (secondary N) is 2. The first kappa shape index (κ1) is 19.6. The van der Waals surface area contributed by atoms with Crippen molar-refractivity contribution in [3.63, 3.8) is 0 Å². The summed E-state index contributed by atoms with van der Waals surface area (Å²) in [5.41, 5.74) is 1.69. The van der Waals surface area contributed by atoms with E-state index in [-0.39, 0.29) is 30.5 Å². The minimum atomic E-state index is -3.58. The molecular weight excluding hydrogens is 320 g/mol. The number of carbonyl (C=O) groups excluding carboxylic acids is 1. The van der Waals surface area contributed by atoms with Crippen LogP contribution in [0.2, 0.25) is 0 Å². The van der Waals surface area contributed by atoms with Gasteiger partial charge < -0.3 is 14.8 Å². The molecular formula is C15H24N2O5S. The van der Waals surface area contributed by atoms with Gasteiger partial charge in [-0.2, -0.15) is 0 Å². The predicted molar refractivity (Wildman–Crippen MR) is 86.8 cm³/mol. The van der Waals surface area contributed by atoms with Crippen LogP contribution in [0.15, 0.2) is 23.1 Å². The number of ether oxygens (including phenoxy) is 2. The largest absolute Gasteiger partial charge is 0.382 e. The lowest BCUT2D eigenvalue weighted by Gasteiger charge is -2.10. The summed E-state index contributed by atoms with van der Waals surface area (Å²) in [7, 11) is -2.03. The zero-order valence-electron chi connectivity index (χ0n) is 13.7. The molecule has 0 heterocycles. The highest BCUT2D eigenvalue weighted by atomic mass is 32.2. The Morgan fingerprint density at radius 3 is 2.57 bits per heavy atom. The third-order valence-corrected chi connectivity index (χ3v) is 4.65. The van der Waals surface area contributed by atoms with Crippen LogP contribution in [0.4, 0.5) is 0 Å². The first-order valence-electron chi connectivity index (χ1n) is 7.27. The van der Waals surface area contributed by atoms with Gasteiger partial charge in [0.15, 0.2) is 0 Å². The number of sulfonamides is 1. The van der Waals surface area contributed by atoms with E-state index in [1.54, 1.807) is 26.2 Å². The summed E-state index contributed by atoms with van der Waals surface area (Å²) in [6.07, 6.45) is 0. The number of methoxy groups -OCH3 is 1. The number of aryl methyl sites for hydroxylation is 2.